The Hall–Kier alpha value is -2.59. The Labute approximate surface area is 207 Å². The van der Waals surface area contributed by atoms with Crippen molar-refractivity contribution in [2.75, 3.05) is 5.32 Å². The Balaban J connectivity index is 1.34. The summed E-state index contributed by atoms with van der Waals surface area (Å²) in [6, 6.07) is 8.82. The van der Waals surface area contributed by atoms with Crippen LogP contribution in [-0.4, -0.2) is 20.7 Å². The first kappa shape index (κ1) is 22.8. The van der Waals surface area contributed by atoms with E-state index in [9.17, 15) is 22.8 Å². The van der Waals surface area contributed by atoms with Crippen molar-refractivity contribution in [3.8, 4) is 0 Å². The van der Waals surface area contributed by atoms with Crippen molar-refractivity contribution in [2.45, 2.75) is 48.2 Å². The molecule has 182 valence electrons. The number of thioether (sulfide) groups is 1. The second-order valence-electron chi connectivity index (χ2n) is 9.47. The minimum atomic E-state index is -4.59. The van der Waals surface area contributed by atoms with Gasteiger partial charge in [-0.25, -0.2) is 0 Å². The normalized spacial score (nSPS) is 26.9. The first-order valence-electron chi connectivity index (χ1n) is 11.6. The van der Waals surface area contributed by atoms with E-state index in [-0.39, 0.29) is 23.0 Å². The smallest absolute Gasteiger partial charge is 0.324 e. The molecule has 1 amide bonds. The van der Waals surface area contributed by atoms with E-state index in [0.29, 0.717) is 23.0 Å². The summed E-state index contributed by atoms with van der Waals surface area (Å²) in [6.45, 7) is -0.324. The number of aromatic nitrogens is 2. The third-order valence-corrected chi connectivity index (χ3v) is 10.4. The number of carbonyl (C=O) groups is 1. The minimum absolute atomic E-state index is 0.0493. The number of carbonyl (C=O) groups excluding carboxylic acids is 1. The Bertz CT molecular complexity index is 1340. The number of thiazole rings is 1. The fourth-order valence-electron chi connectivity index (χ4n) is 6.19. The molecular weight excluding hydrogens is 495 g/mol. The molecular formula is C25H22F3N3O2S2. The van der Waals surface area contributed by atoms with Crippen LogP contribution in [0.1, 0.15) is 41.2 Å². The van der Waals surface area contributed by atoms with Crippen LogP contribution in [0.15, 0.2) is 58.6 Å². The molecule has 3 heterocycles. The molecule has 1 aromatic carbocycles. The van der Waals surface area contributed by atoms with Crippen LogP contribution in [0, 0.1) is 17.8 Å². The van der Waals surface area contributed by atoms with Gasteiger partial charge in [-0.05, 0) is 60.8 Å². The number of alkyl halides is 3. The van der Waals surface area contributed by atoms with E-state index in [4.69, 9.17) is 0 Å². The van der Waals surface area contributed by atoms with Gasteiger partial charge in [0.25, 0.3) is 0 Å². The monoisotopic (exact) mass is 517 g/mol. The van der Waals surface area contributed by atoms with E-state index in [1.807, 2.05) is 12.3 Å². The van der Waals surface area contributed by atoms with Crippen molar-refractivity contribution in [3.05, 3.63) is 74.5 Å². The van der Waals surface area contributed by atoms with Crippen LogP contribution < -0.4 is 10.2 Å². The molecule has 35 heavy (non-hydrogen) atoms. The number of nitrogens with zero attached hydrogens (tertiary/aromatic N) is 2. The van der Waals surface area contributed by atoms with Crippen LogP contribution in [0.5, 0.6) is 0 Å². The Morgan fingerprint density at radius 2 is 1.94 bits per heavy atom. The highest BCUT2D eigenvalue weighted by Gasteiger charge is 2.55. The lowest BCUT2D eigenvalue weighted by Crippen LogP contribution is -2.35. The number of fused-ring (bicyclic) bond motifs is 6. The number of benzene rings is 1. The average Bonchev–Trinajstić information content (AvgIpc) is 3.52. The summed E-state index contributed by atoms with van der Waals surface area (Å²) in [6.07, 6.45) is 2.57. The van der Waals surface area contributed by atoms with Crippen LogP contribution >= 0.6 is 23.1 Å². The van der Waals surface area contributed by atoms with Gasteiger partial charge in [-0.2, -0.15) is 13.2 Å². The maximum absolute atomic E-state index is 13.4. The highest BCUT2D eigenvalue weighted by atomic mass is 32.2. The topological polar surface area (TPSA) is 64.0 Å². The van der Waals surface area contributed by atoms with Crippen molar-refractivity contribution in [3.63, 3.8) is 0 Å². The zero-order valence-corrected chi connectivity index (χ0v) is 20.1. The summed E-state index contributed by atoms with van der Waals surface area (Å²) in [4.78, 5) is 30.9. The van der Waals surface area contributed by atoms with Gasteiger partial charge in [0.05, 0.1) is 16.3 Å². The summed E-state index contributed by atoms with van der Waals surface area (Å²) in [5.41, 5.74) is -0.145. The predicted molar refractivity (Wildman–Crippen MR) is 129 cm³/mol. The van der Waals surface area contributed by atoms with Gasteiger partial charge in [0.15, 0.2) is 0 Å². The number of rotatable bonds is 4. The lowest BCUT2D eigenvalue weighted by atomic mass is 9.75. The molecule has 2 saturated carbocycles. The summed E-state index contributed by atoms with van der Waals surface area (Å²) >= 11 is 2.84. The zero-order chi connectivity index (χ0) is 24.3. The van der Waals surface area contributed by atoms with E-state index in [1.165, 1.54) is 42.0 Å². The molecule has 1 N–H and O–H groups in total. The number of amides is 1. The van der Waals surface area contributed by atoms with Crippen molar-refractivity contribution in [1.82, 2.24) is 9.55 Å². The number of hydrogen-bond donors (Lipinski definition) is 1. The van der Waals surface area contributed by atoms with Gasteiger partial charge in [0, 0.05) is 28.4 Å². The third kappa shape index (κ3) is 3.91. The lowest BCUT2D eigenvalue weighted by molar-refractivity contribution is -0.137. The zero-order valence-electron chi connectivity index (χ0n) is 18.5. The second-order valence-corrected chi connectivity index (χ2v) is 11.6. The second kappa shape index (κ2) is 8.51. The number of nitrogens with one attached hydrogen (secondary N) is 1. The van der Waals surface area contributed by atoms with Crippen molar-refractivity contribution < 1.29 is 18.0 Å². The molecule has 5 nitrogen and oxygen atoms in total. The number of para-hydroxylation sites is 1. The molecule has 3 aromatic rings. The Morgan fingerprint density at radius 1 is 1.14 bits per heavy atom. The molecule has 2 fully saturated rings. The molecule has 1 aliphatic heterocycles. The van der Waals surface area contributed by atoms with E-state index < -0.39 is 17.6 Å². The molecule has 4 unspecified atom stereocenters. The molecule has 6 rings (SSSR count). The third-order valence-electron chi connectivity index (χ3n) is 7.54. The largest absolute Gasteiger partial charge is 0.418 e. The predicted octanol–water partition coefficient (Wildman–Crippen LogP) is 5.61. The lowest BCUT2D eigenvalue weighted by Gasteiger charge is -2.40. The molecule has 0 spiro atoms. The summed E-state index contributed by atoms with van der Waals surface area (Å²) in [5, 5.41) is 3.51. The summed E-state index contributed by atoms with van der Waals surface area (Å²) in [7, 11) is 0. The van der Waals surface area contributed by atoms with Gasteiger partial charge in [0.1, 0.15) is 6.54 Å². The molecule has 2 bridgehead atoms. The van der Waals surface area contributed by atoms with E-state index in [2.05, 4.69) is 16.4 Å². The molecule has 3 aliphatic rings. The molecule has 5 atom stereocenters. The van der Waals surface area contributed by atoms with Crippen LogP contribution in [0.3, 0.4) is 0 Å². The van der Waals surface area contributed by atoms with Gasteiger partial charge in [-0.15, -0.1) is 11.8 Å². The maximum atomic E-state index is 13.4. The van der Waals surface area contributed by atoms with Crippen LogP contribution in [0.25, 0.3) is 0 Å². The van der Waals surface area contributed by atoms with Crippen LogP contribution in [-0.2, 0) is 17.5 Å². The fraction of sp³-hybridized carbons (Fsp3) is 0.400. The van der Waals surface area contributed by atoms with Gasteiger partial charge < -0.3 is 5.32 Å². The van der Waals surface area contributed by atoms with Crippen molar-refractivity contribution >= 4 is 34.7 Å². The number of pyridine rings is 1. The Kier molecular flexibility index (Phi) is 5.56. The standard InChI is InChI=1S/C25H22F3N3O2S2/c26-25(27,28)16-5-1-2-6-17(16)30-18(32)12-31-23-22(35-24(31)33)20(15-4-3-9-29-11-15)19-13-7-8-14(10-13)21(19)34-23/h1-6,9,11,13-14,19-21H,7-8,10,12H2,(H,30,32)/t13?,14?,19?,20-,21?/m0/s1. The first-order valence-corrected chi connectivity index (χ1v) is 13.3. The fourth-order valence-corrected chi connectivity index (χ4v) is 9.34. The van der Waals surface area contributed by atoms with Crippen LogP contribution in [0.4, 0.5) is 18.9 Å². The van der Waals surface area contributed by atoms with E-state index in [0.717, 1.165) is 32.9 Å². The molecule has 2 aromatic heterocycles. The SMILES string of the molecule is O=C(Cn1c2c(sc1=O)[C@@H](c1cccnc1)C1C3CCC(C3)C1S2)Nc1ccccc1C(F)(F)F. The molecule has 2 aliphatic carbocycles. The van der Waals surface area contributed by atoms with Gasteiger partial charge in [-0.1, -0.05) is 29.5 Å². The van der Waals surface area contributed by atoms with E-state index in [1.54, 1.807) is 18.0 Å². The maximum Gasteiger partial charge on any atom is 0.418 e. The van der Waals surface area contributed by atoms with Crippen molar-refractivity contribution in [1.29, 1.82) is 0 Å². The molecule has 0 radical (unpaired) electrons. The first-order chi connectivity index (χ1) is 16.8. The molecule has 0 saturated heterocycles. The number of hydrogen-bond acceptors (Lipinski definition) is 5. The number of anilines is 1. The average molecular weight is 518 g/mol. The highest BCUT2D eigenvalue weighted by molar-refractivity contribution is 8.00. The summed E-state index contributed by atoms with van der Waals surface area (Å²) < 4.78 is 41.5. The Morgan fingerprint density at radius 3 is 2.71 bits per heavy atom. The molecule has 10 heteroatoms. The van der Waals surface area contributed by atoms with E-state index >= 15 is 0 Å². The number of halogens is 3. The van der Waals surface area contributed by atoms with Crippen LogP contribution in [0.2, 0.25) is 0 Å². The minimum Gasteiger partial charge on any atom is -0.324 e. The van der Waals surface area contributed by atoms with Crippen molar-refractivity contribution in [2.24, 2.45) is 17.8 Å². The highest BCUT2D eigenvalue weighted by Crippen LogP contribution is 2.63. The quantitative estimate of drug-likeness (QED) is 0.488. The summed E-state index contributed by atoms with van der Waals surface area (Å²) in [5.74, 6) is 1.02. The van der Waals surface area contributed by atoms with Gasteiger partial charge in [0.2, 0.25) is 5.91 Å². The van der Waals surface area contributed by atoms with Gasteiger partial charge >= 0.3 is 11.0 Å². The van der Waals surface area contributed by atoms with Gasteiger partial charge in [-0.3, -0.25) is 19.1 Å².